The lowest BCUT2D eigenvalue weighted by Crippen LogP contribution is -2.19. The number of anilines is 2. The smallest absolute Gasteiger partial charge is 0.323 e. The first-order chi connectivity index (χ1) is 19.0. The quantitative estimate of drug-likeness (QED) is 0.197. The lowest BCUT2D eigenvalue weighted by atomic mass is 10.1. The van der Waals surface area contributed by atoms with Gasteiger partial charge in [0.05, 0.1) is 29.3 Å². The summed E-state index contributed by atoms with van der Waals surface area (Å²) in [5, 5.41) is 25.3. The summed E-state index contributed by atoms with van der Waals surface area (Å²) in [6.45, 7) is 4.07. The third-order valence-electron chi connectivity index (χ3n) is 6.10. The van der Waals surface area contributed by atoms with Crippen molar-refractivity contribution in [3.63, 3.8) is 0 Å². The lowest BCUT2D eigenvalue weighted by Gasteiger charge is -2.10. The van der Waals surface area contributed by atoms with Crippen LogP contribution in [0.25, 0.3) is 33.4 Å². The number of hydrogen-bond acceptors (Lipinski definition) is 6. The molecule has 194 valence electrons. The van der Waals surface area contributed by atoms with Crippen molar-refractivity contribution in [3.8, 4) is 34.0 Å². The number of ether oxygens (including phenoxy) is 1. The molecule has 0 aliphatic heterocycles. The van der Waals surface area contributed by atoms with Gasteiger partial charge in [0, 0.05) is 52.9 Å². The Morgan fingerprint density at radius 1 is 0.949 bits per heavy atom. The zero-order valence-corrected chi connectivity index (χ0v) is 21.2. The molecule has 4 N–H and O–H groups in total. The van der Waals surface area contributed by atoms with Gasteiger partial charge in [-0.2, -0.15) is 15.3 Å². The van der Waals surface area contributed by atoms with Gasteiger partial charge >= 0.3 is 6.03 Å². The fraction of sp³-hybridized carbons (Fsp3) is 0.107. The van der Waals surface area contributed by atoms with E-state index in [1.54, 1.807) is 55.1 Å². The Kier molecular flexibility index (Phi) is 6.21. The monoisotopic (exact) mass is 519 g/mol. The summed E-state index contributed by atoms with van der Waals surface area (Å²) in [6, 6.07) is 16.4. The fourth-order valence-corrected chi connectivity index (χ4v) is 4.10. The van der Waals surface area contributed by atoms with Crippen LogP contribution in [0.1, 0.15) is 19.9 Å². The Bertz CT molecular complexity index is 1730. The first-order valence-corrected chi connectivity index (χ1v) is 12.4. The van der Waals surface area contributed by atoms with Gasteiger partial charge in [-0.15, -0.1) is 0 Å². The maximum Gasteiger partial charge on any atom is 0.323 e. The molecule has 0 unspecified atom stereocenters. The first-order valence-electron chi connectivity index (χ1n) is 12.4. The van der Waals surface area contributed by atoms with Crippen molar-refractivity contribution in [1.82, 2.24) is 35.2 Å². The molecule has 0 atom stereocenters. The second kappa shape index (κ2) is 10.1. The molecule has 11 heteroatoms. The minimum absolute atomic E-state index is 0.128. The van der Waals surface area contributed by atoms with Gasteiger partial charge in [0.2, 0.25) is 0 Å². The highest BCUT2D eigenvalue weighted by atomic mass is 16.5. The normalized spacial score (nSPS) is 11.2. The van der Waals surface area contributed by atoms with E-state index in [0.717, 1.165) is 27.7 Å². The highest BCUT2D eigenvalue weighted by Gasteiger charge is 2.16. The molecule has 6 rings (SSSR count). The Balaban J connectivity index is 1.15. The largest absolute Gasteiger partial charge is 0.457 e. The predicted octanol–water partition coefficient (Wildman–Crippen LogP) is 6.23. The summed E-state index contributed by atoms with van der Waals surface area (Å²) < 4.78 is 7.80. The third-order valence-corrected chi connectivity index (χ3v) is 6.10. The molecule has 0 bridgehead atoms. The van der Waals surface area contributed by atoms with Gasteiger partial charge in [0.25, 0.3) is 0 Å². The molecule has 39 heavy (non-hydrogen) atoms. The number of carbonyl (C=O) groups excluding carboxylic acids is 1. The number of H-pyrrole nitrogens is 2. The van der Waals surface area contributed by atoms with Crippen LogP contribution < -0.4 is 15.4 Å². The summed E-state index contributed by atoms with van der Waals surface area (Å²) in [7, 11) is 0. The molecule has 2 amide bonds. The minimum Gasteiger partial charge on any atom is -0.457 e. The molecule has 11 nitrogen and oxygen atoms in total. The van der Waals surface area contributed by atoms with Gasteiger partial charge < -0.3 is 15.4 Å². The number of carbonyl (C=O) groups is 1. The lowest BCUT2D eigenvalue weighted by molar-refractivity contribution is 0.262. The van der Waals surface area contributed by atoms with Crippen molar-refractivity contribution in [2.24, 2.45) is 0 Å². The Morgan fingerprint density at radius 2 is 1.82 bits per heavy atom. The molecule has 0 aliphatic rings. The maximum absolute atomic E-state index is 12.9. The summed E-state index contributed by atoms with van der Waals surface area (Å²) in [5.41, 5.74) is 5.34. The second-order valence-electron chi connectivity index (χ2n) is 9.21. The number of rotatable bonds is 7. The highest BCUT2D eigenvalue weighted by Crippen LogP contribution is 2.30. The van der Waals surface area contributed by atoms with Crippen LogP contribution in [0.3, 0.4) is 0 Å². The van der Waals surface area contributed by atoms with Gasteiger partial charge in [-0.05, 0) is 56.3 Å². The van der Waals surface area contributed by atoms with Crippen molar-refractivity contribution in [2.75, 3.05) is 10.6 Å². The van der Waals surface area contributed by atoms with E-state index in [1.165, 1.54) is 0 Å². The van der Waals surface area contributed by atoms with E-state index in [-0.39, 0.29) is 12.1 Å². The van der Waals surface area contributed by atoms with E-state index in [9.17, 15) is 4.79 Å². The average Bonchev–Trinajstić information content (AvgIpc) is 3.71. The topological polar surface area (TPSA) is 138 Å². The number of urea groups is 1. The number of fused-ring (bicyclic) bond motifs is 1. The van der Waals surface area contributed by atoms with Crippen molar-refractivity contribution < 1.29 is 9.53 Å². The van der Waals surface area contributed by atoms with Crippen LogP contribution in [0.4, 0.5) is 16.2 Å². The van der Waals surface area contributed by atoms with Gasteiger partial charge in [-0.3, -0.25) is 19.9 Å². The van der Waals surface area contributed by atoms with Gasteiger partial charge in [-0.1, -0.05) is 6.07 Å². The van der Waals surface area contributed by atoms with E-state index < -0.39 is 0 Å². The number of benzene rings is 2. The van der Waals surface area contributed by atoms with Crippen LogP contribution in [0.15, 0.2) is 85.6 Å². The Labute approximate surface area is 223 Å². The van der Waals surface area contributed by atoms with E-state index in [4.69, 9.17) is 9.84 Å². The molecule has 0 spiro atoms. The Hall–Kier alpha value is -5.45. The number of pyridine rings is 1. The Morgan fingerprint density at radius 3 is 2.62 bits per heavy atom. The van der Waals surface area contributed by atoms with E-state index in [2.05, 4.69) is 36.0 Å². The predicted molar refractivity (Wildman–Crippen MR) is 149 cm³/mol. The molecule has 4 aromatic heterocycles. The zero-order valence-electron chi connectivity index (χ0n) is 21.2. The summed E-state index contributed by atoms with van der Waals surface area (Å²) >= 11 is 0. The standard InChI is InChI=1S/C28H25N9O2/c1-17(2)37-16-26(27(36-37)18-3-8-24-19(11-18)13-32-35-24)34-28(38)33-21-4-6-22(7-5-21)39-23-9-10-29-25(12-23)20-14-30-31-15-20/h3-17H,1-2H3,(H,30,31)(H,32,35)(H2,33,34,38). The number of amides is 2. The SMILES string of the molecule is CC(C)n1cc(NC(=O)Nc2ccc(Oc3ccnc(-c4cn[nH]c4)c3)cc2)c(-c2ccc3[nH]ncc3c2)n1. The van der Waals surface area contributed by atoms with Gasteiger partial charge in [0.1, 0.15) is 17.2 Å². The second-order valence-corrected chi connectivity index (χ2v) is 9.21. The number of aromatic nitrogens is 7. The van der Waals surface area contributed by atoms with Crippen molar-refractivity contribution in [1.29, 1.82) is 0 Å². The van der Waals surface area contributed by atoms with Crippen LogP contribution in [0.5, 0.6) is 11.5 Å². The summed E-state index contributed by atoms with van der Waals surface area (Å²) in [4.78, 5) is 17.3. The van der Waals surface area contributed by atoms with E-state index >= 15 is 0 Å². The molecular weight excluding hydrogens is 494 g/mol. The molecule has 4 heterocycles. The van der Waals surface area contributed by atoms with Gasteiger partial charge in [0.15, 0.2) is 0 Å². The van der Waals surface area contributed by atoms with Crippen LogP contribution in [-0.4, -0.2) is 41.2 Å². The van der Waals surface area contributed by atoms with Crippen LogP contribution in [-0.2, 0) is 0 Å². The fourth-order valence-electron chi connectivity index (χ4n) is 4.10. The number of hydrogen-bond donors (Lipinski definition) is 4. The molecule has 0 saturated carbocycles. The van der Waals surface area contributed by atoms with E-state index in [1.807, 2.05) is 49.0 Å². The van der Waals surface area contributed by atoms with Crippen LogP contribution >= 0.6 is 0 Å². The maximum atomic E-state index is 12.9. The molecule has 0 fully saturated rings. The minimum atomic E-state index is -0.378. The number of nitrogens with one attached hydrogen (secondary N) is 4. The third kappa shape index (κ3) is 5.18. The summed E-state index contributed by atoms with van der Waals surface area (Å²) in [6.07, 6.45) is 8.75. The molecule has 2 aromatic carbocycles. The molecule has 6 aromatic rings. The molecule has 0 saturated heterocycles. The first kappa shape index (κ1) is 23.9. The van der Waals surface area contributed by atoms with Crippen molar-refractivity contribution in [3.05, 3.63) is 85.6 Å². The number of aromatic amines is 2. The molecule has 0 aliphatic carbocycles. The van der Waals surface area contributed by atoms with Crippen molar-refractivity contribution in [2.45, 2.75) is 19.9 Å². The molecular formula is C28H25N9O2. The van der Waals surface area contributed by atoms with Crippen LogP contribution in [0.2, 0.25) is 0 Å². The molecule has 0 radical (unpaired) electrons. The summed E-state index contributed by atoms with van der Waals surface area (Å²) in [5.74, 6) is 1.27. The van der Waals surface area contributed by atoms with Gasteiger partial charge in [-0.25, -0.2) is 4.79 Å². The van der Waals surface area contributed by atoms with Crippen LogP contribution in [0, 0.1) is 0 Å². The highest BCUT2D eigenvalue weighted by molar-refractivity contribution is 6.02. The average molecular weight is 520 g/mol. The van der Waals surface area contributed by atoms with E-state index in [0.29, 0.717) is 28.6 Å². The number of nitrogens with zero attached hydrogens (tertiary/aromatic N) is 5. The zero-order chi connectivity index (χ0) is 26.8. The van der Waals surface area contributed by atoms with Crippen molar-refractivity contribution >= 4 is 28.3 Å².